The molecule has 0 unspecified atom stereocenters. The van der Waals surface area contributed by atoms with Crippen molar-refractivity contribution in [1.82, 2.24) is 24.9 Å². The first kappa shape index (κ1) is 16.3. The van der Waals surface area contributed by atoms with Gasteiger partial charge >= 0.3 is 0 Å². The summed E-state index contributed by atoms with van der Waals surface area (Å²) in [5.41, 5.74) is 8.10. The first-order chi connectivity index (χ1) is 11.5. The van der Waals surface area contributed by atoms with Crippen molar-refractivity contribution in [1.29, 1.82) is 0 Å². The molecule has 0 aliphatic carbocycles. The predicted molar refractivity (Wildman–Crippen MR) is 90.1 cm³/mol. The van der Waals surface area contributed by atoms with Crippen molar-refractivity contribution in [2.45, 2.75) is 11.9 Å². The molecule has 0 aliphatic rings. The van der Waals surface area contributed by atoms with Crippen LogP contribution < -0.4 is 11.1 Å². The quantitative estimate of drug-likeness (QED) is 0.650. The summed E-state index contributed by atoms with van der Waals surface area (Å²) >= 11 is 3.35. The second-order valence-corrected chi connectivity index (χ2v) is 5.59. The maximum Gasteiger partial charge on any atom is 0.254 e. The molecule has 1 aromatic carbocycles. The van der Waals surface area contributed by atoms with Crippen molar-refractivity contribution < 1.29 is 8.78 Å². The van der Waals surface area contributed by atoms with E-state index in [0.717, 1.165) is 17.8 Å². The van der Waals surface area contributed by atoms with Gasteiger partial charge in [0.1, 0.15) is 0 Å². The number of alkyl halides is 1. The lowest BCUT2D eigenvalue weighted by Gasteiger charge is -2.12. The lowest BCUT2D eigenvalue weighted by Crippen LogP contribution is -2.15. The van der Waals surface area contributed by atoms with Gasteiger partial charge in [0.2, 0.25) is 5.95 Å². The summed E-state index contributed by atoms with van der Waals surface area (Å²) in [5.74, 6) is -1.32. The zero-order valence-electron chi connectivity index (χ0n) is 12.4. The summed E-state index contributed by atoms with van der Waals surface area (Å²) in [7, 11) is 0. The number of halogens is 3. The number of hydrogen-bond donors (Lipinski definition) is 2. The Morgan fingerprint density at radius 2 is 2.04 bits per heavy atom. The highest BCUT2D eigenvalue weighted by Crippen LogP contribution is 2.16. The molecule has 0 atom stereocenters. The molecule has 3 N–H and O–H groups in total. The molecule has 3 rings (SSSR count). The van der Waals surface area contributed by atoms with E-state index in [0.29, 0.717) is 28.1 Å². The molecule has 2 aromatic heterocycles. The maximum absolute atomic E-state index is 13.3. The summed E-state index contributed by atoms with van der Waals surface area (Å²) in [6.07, 6.45) is 0. The van der Waals surface area contributed by atoms with Crippen LogP contribution in [-0.4, -0.2) is 19.6 Å². The normalized spacial score (nSPS) is 11.0. The van der Waals surface area contributed by atoms with E-state index in [-0.39, 0.29) is 12.5 Å². The van der Waals surface area contributed by atoms with Gasteiger partial charge in [0.15, 0.2) is 11.6 Å². The number of aromatic nitrogens is 4. The number of benzene rings is 1. The number of anilines is 1. The molecule has 0 aliphatic heterocycles. The van der Waals surface area contributed by atoms with Gasteiger partial charge < -0.3 is 11.1 Å². The highest BCUT2D eigenvalue weighted by molar-refractivity contribution is 9.08. The lowest BCUT2D eigenvalue weighted by molar-refractivity contribution is 0.506. The predicted octanol–water partition coefficient (Wildman–Crippen LogP) is 2.64. The van der Waals surface area contributed by atoms with Crippen molar-refractivity contribution >= 4 is 33.4 Å². The topological polar surface area (TPSA) is 81.1 Å². The van der Waals surface area contributed by atoms with E-state index in [4.69, 9.17) is 5.73 Å². The van der Waals surface area contributed by atoms with Gasteiger partial charge in [-0.2, -0.15) is 9.50 Å². The summed E-state index contributed by atoms with van der Waals surface area (Å²) in [6, 6.07) is 5.50. The van der Waals surface area contributed by atoms with Crippen LogP contribution in [0.4, 0.5) is 14.7 Å². The van der Waals surface area contributed by atoms with Crippen LogP contribution in [0.25, 0.3) is 11.5 Å². The van der Waals surface area contributed by atoms with Crippen LogP contribution >= 0.6 is 15.9 Å². The number of hydrogen-bond acceptors (Lipinski definition) is 5. The second-order valence-electron chi connectivity index (χ2n) is 5.03. The molecule has 24 heavy (non-hydrogen) atoms. The average Bonchev–Trinajstić information content (AvgIpc) is 2.94. The van der Waals surface area contributed by atoms with Gasteiger partial charge in [0, 0.05) is 11.9 Å². The number of nitrogen functional groups attached to an aromatic ring is 1. The van der Waals surface area contributed by atoms with Gasteiger partial charge in [-0.15, -0.1) is 5.10 Å². The number of rotatable bonds is 5. The Labute approximate surface area is 144 Å². The largest absolute Gasteiger partial charge is 0.380 e. The van der Waals surface area contributed by atoms with E-state index in [9.17, 15) is 8.78 Å². The molecule has 0 radical (unpaired) electrons. The third kappa shape index (κ3) is 3.21. The van der Waals surface area contributed by atoms with E-state index in [2.05, 4.69) is 42.9 Å². The van der Waals surface area contributed by atoms with E-state index >= 15 is 0 Å². The highest BCUT2D eigenvalue weighted by Gasteiger charge is 2.12. The fourth-order valence-electron chi connectivity index (χ4n) is 2.17. The maximum atomic E-state index is 13.3. The van der Waals surface area contributed by atoms with Gasteiger partial charge in [-0.25, -0.2) is 13.8 Å². The molecule has 0 saturated heterocycles. The Balaban J connectivity index is 1.86. The molecule has 0 amide bonds. The van der Waals surface area contributed by atoms with Crippen molar-refractivity contribution in [3.05, 3.63) is 59.4 Å². The summed E-state index contributed by atoms with van der Waals surface area (Å²) in [6.45, 7) is 4.23. The molecule has 9 heteroatoms. The van der Waals surface area contributed by atoms with Crippen molar-refractivity contribution in [3.63, 3.8) is 0 Å². The van der Waals surface area contributed by atoms with Crippen LogP contribution in [0.3, 0.4) is 0 Å². The van der Waals surface area contributed by atoms with Crippen LogP contribution in [-0.2, 0) is 11.9 Å². The SMILES string of the molecule is C=C(NCc1ccc(F)c(F)c1)c1cc(CBr)nc2nc(N)nn12. The minimum absolute atomic E-state index is 0.101. The van der Waals surface area contributed by atoms with E-state index in [1.54, 1.807) is 6.07 Å². The van der Waals surface area contributed by atoms with Crippen LogP contribution in [0.15, 0.2) is 30.8 Å². The van der Waals surface area contributed by atoms with Gasteiger partial charge in [0.05, 0.1) is 17.1 Å². The molecule has 124 valence electrons. The smallest absolute Gasteiger partial charge is 0.254 e. The van der Waals surface area contributed by atoms with Crippen LogP contribution in [0.5, 0.6) is 0 Å². The first-order valence-corrected chi connectivity index (χ1v) is 8.05. The molecule has 0 fully saturated rings. The van der Waals surface area contributed by atoms with Crippen LogP contribution in [0.2, 0.25) is 0 Å². The zero-order valence-corrected chi connectivity index (χ0v) is 14.0. The Morgan fingerprint density at radius 1 is 1.25 bits per heavy atom. The Bertz CT molecular complexity index is 924. The molecule has 0 saturated carbocycles. The second kappa shape index (κ2) is 6.52. The van der Waals surface area contributed by atoms with E-state index in [1.165, 1.54) is 10.6 Å². The molecular weight excluding hydrogens is 382 g/mol. The first-order valence-electron chi connectivity index (χ1n) is 6.93. The minimum Gasteiger partial charge on any atom is -0.380 e. The Hall–Kier alpha value is -2.55. The minimum atomic E-state index is -0.892. The fraction of sp³-hybridized carbons (Fsp3) is 0.133. The van der Waals surface area contributed by atoms with Crippen LogP contribution in [0.1, 0.15) is 17.0 Å². The third-order valence-corrected chi connectivity index (χ3v) is 3.89. The molecule has 0 spiro atoms. The van der Waals surface area contributed by atoms with Gasteiger partial charge in [-0.05, 0) is 23.8 Å². The number of fused-ring (bicyclic) bond motifs is 1. The van der Waals surface area contributed by atoms with E-state index in [1.807, 2.05) is 0 Å². The average molecular weight is 395 g/mol. The van der Waals surface area contributed by atoms with Crippen LogP contribution in [0, 0.1) is 11.6 Å². The molecule has 2 heterocycles. The zero-order chi connectivity index (χ0) is 17.3. The van der Waals surface area contributed by atoms with Crippen molar-refractivity contribution in [3.8, 4) is 0 Å². The highest BCUT2D eigenvalue weighted by atomic mass is 79.9. The Morgan fingerprint density at radius 3 is 2.75 bits per heavy atom. The van der Waals surface area contributed by atoms with Gasteiger partial charge in [0.25, 0.3) is 5.78 Å². The van der Waals surface area contributed by atoms with Crippen molar-refractivity contribution in [2.75, 3.05) is 5.73 Å². The molecule has 6 nitrogen and oxygen atoms in total. The summed E-state index contributed by atoms with van der Waals surface area (Å²) < 4.78 is 27.7. The molecular formula is C15H13BrF2N6. The monoisotopic (exact) mass is 394 g/mol. The van der Waals surface area contributed by atoms with E-state index < -0.39 is 11.6 Å². The molecule has 0 bridgehead atoms. The molecule has 3 aromatic rings. The van der Waals surface area contributed by atoms with Crippen molar-refractivity contribution in [2.24, 2.45) is 0 Å². The standard InChI is InChI=1S/C15H13BrF2N6/c1-8(20-7-9-2-3-11(17)12(18)4-9)13-5-10(6-16)21-15-22-14(19)23-24(13)15/h2-5,20H,1,6-7H2,(H2,19,23). The summed E-state index contributed by atoms with van der Waals surface area (Å²) in [5, 5.41) is 7.67. The number of nitrogens with two attached hydrogens (primary N) is 1. The van der Waals surface area contributed by atoms with Gasteiger partial charge in [-0.1, -0.05) is 28.6 Å². The lowest BCUT2D eigenvalue weighted by atomic mass is 10.2. The number of nitrogens with zero attached hydrogens (tertiary/aromatic N) is 4. The Kier molecular flexibility index (Phi) is 4.43. The number of nitrogens with one attached hydrogen (secondary N) is 1. The summed E-state index contributed by atoms with van der Waals surface area (Å²) in [4.78, 5) is 8.34. The van der Waals surface area contributed by atoms with Gasteiger partial charge in [-0.3, -0.25) is 0 Å². The third-order valence-electron chi connectivity index (χ3n) is 3.32. The fourth-order valence-corrected chi connectivity index (χ4v) is 2.45.